The topological polar surface area (TPSA) is 74.7 Å². The Hall–Kier alpha value is -2.39. The summed E-state index contributed by atoms with van der Waals surface area (Å²) >= 11 is 0. The predicted octanol–water partition coefficient (Wildman–Crippen LogP) is 4.52. The number of hydrogen-bond donors (Lipinski definition) is 0. The molecule has 2 amide bonds. The summed E-state index contributed by atoms with van der Waals surface area (Å²) in [7, 11) is 0.744. The van der Waals surface area contributed by atoms with E-state index in [1.54, 1.807) is 9.80 Å². The van der Waals surface area contributed by atoms with Gasteiger partial charge in [-0.3, -0.25) is 9.79 Å². The number of carbonyl (C=O) groups is 2. The molecule has 4 rings (SSSR count). The van der Waals surface area contributed by atoms with Crippen LogP contribution in [0.25, 0.3) is 0 Å². The summed E-state index contributed by atoms with van der Waals surface area (Å²) in [5.41, 5.74) is 2.11. The second-order valence-corrected chi connectivity index (χ2v) is 18.2. The van der Waals surface area contributed by atoms with Crippen LogP contribution >= 0.6 is 0 Å². The van der Waals surface area contributed by atoms with Gasteiger partial charge in [0.1, 0.15) is 11.1 Å². The van der Waals surface area contributed by atoms with Gasteiger partial charge in [0.15, 0.2) is 0 Å². The van der Waals surface area contributed by atoms with Crippen molar-refractivity contribution >= 4 is 32.0 Å². The second kappa shape index (κ2) is 9.82. The number of amides is 2. The molecular weight excluding hydrogens is 472 g/mol. The Morgan fingerprint density at radius 3 is 2.53 bits per heavy atom. The van der Waals surface area contributed by atoms with Crippen molar-refractivity contribution in [2.45, 2.75) is 76.5 Å². The van der Waals surface area contributed by atoms with Crippen molar-refractivity contribution < 1.29 is 19.1 Å². The fraction of sp³-hybridized carbons (Fsp3) is 0.667. The van der Waals surface area contributed by atoms with Crippen molar-refractivity contribution in [3.8, 4) is 0 Å². The number of hydrogen-bond acceptors (Lipinski definition) is 6. The molecule has 0 aromatic heterocycles. The molecule has 3 heterocycles. The van der Waals surface area contributed by atoms with Crippen molar-refractivity contribution in [1.82, 2.24) is 9.80 Å². The maximum Gasteiger partial charge on any atom is 0.410 e. The number of anilines is 1. The number of benzene rings is 1. The van der Waals surface area contributed by atoms with E-state index in [0.29, 0.717) is 39.2 Å². The third-order valence-corrected chi connectivity index (χ3v) is 8.97. The van der Waals surface area contributed by atoms with Crippen LogP contribution in [0.2, 0.25) is 25.7 Å². The first-order chi connectivity index (χ1) is 16.8. The van der Waals surface area contributed by atoms with Gasteiger partial charge < -0.3 is 24.2 Å². The highest BCUT2D eigenvalue weighted by Crippen LogP contribution is 2.41. The molecule has 0 saturated carbocycles. The number of piperidine rings is 1. The van der Waals surface area contributed by atoms with Gasteiger partial charge in [-0.15, -0.1) is 0 Å². The normalized spacial score (nSPS) is 21.5. The van der Waals surface area contributed by atoms with Crippen LogP contribution in [-0.2, 0) is 14.3 Å². The lowest BCUT2D eigenvalue weighted by atomic mass is 9.85. The van der Waals surface area contributed by atoms with Gasteiger partial charge in [-0.2, -0.15) is 0 Å². The third-order valence-electron chi connectivity index (χ3n) is 7.26. The van der Waals surface area contributed by atoms with Gasteiger partial charge in [-0.1, -0.05) is 25.7 Å². The summed E-state index contributed by atoms with van der Waals surface area (Å²) in [5, 5.41) is 0. The third kappa shape index (κ3) is 5.62. The number of fused-ring (bicyclic) bond motifs is 1. The van der Waals surface area contributed by atoms with Crippen LogP contribution in [0.5, 0.6) is 0 Å². The van der Waals surface area contributed by atoms with Gasteiger partial charge in [-0.25, -0.2) is 4.79 Å². The Labute approximate surface area is 216 Å². The molecule has 0 bridgehead atoms. The Kier molecular flexibility index (Phi) is 7.27. The first kappa shape index (κ1) is 26.7. The summed E-state index contributed by atoms with van der Waals surface area (Å²) < 4.78 is 11.5. The number of aliphatic imine (C=N–C) groups is 1. The number of nitrogens with zero attached hydrogens (tertiary/aromatic N) is 4. The molecule has 1 aromatic rings. The molecule has 3 aliphatic heterocycles. The standard InChI is InChI=1S/C27H42N4O4Si/c1-26(2,3)35-25(33)30-12-10-27(11-13-30)24(32)29(4)19-31(27)21-8-9-22-20(16-21)17-28-23(22)18-34-14-15-36(5,6)7/h8-9,16-17,23H,10-15,18-19H2,1-7H3. The molecule has 0 N–H and O–H groups in total. The van der Waals surface area contributed by atoms with Crippen LogP contribution in [0.15, 0.2) is 23.2 Å². The minimum atomic E-state index is -1.11. The van der Waals surface area contributed by atoms with E-state index in [4.69, 9.17) is 14.5 Å². The van der Waals surface area contributed by atoms with Crippen molar-refractivity contribution in [3.05, 3.63) is 29.3 Å². The Morgan fingerprint density at radius 1 is 1.19 bits per heavy atom. The van der Waals surface area contributed by atoms with Crippen molar-refractivity contribution in [3.63, 3.8) is 0 Å². The molecule has 198 valence electrons. The lowest BCUT2D eigenvalue weighted by Gasteiger charge is -2.43. The summed E-state index contributed by atoms with van der Waals surface area (Å²) in [6.45, 7) is 15.6. The summed E-state index contributed by atoms with van der Waals surface area (Å²) in [5.74, 6) is 0.120. The summed E-state index contributed by atoms with van der Waals surface area (Å²) in [6.07, 6.45) is 2.78. The van der Waals surface area contributed by atoms with E-state index >= 15 is 0 Å². The van der Waals surface area contributed by atoms with Gasteiger partial charge in [-0.05, 0) is 62.9 Å². The van der Waals surface area contributed by atoms with E-state index in [9.17, 15) is 9.59 Å². The van der Waals surface area contributed by atoms with Crippen LogP contribution in [0.4, 0.5) is 10.5 Å². The van der Waals surface area contributed by atoms with Crippen LogP contribution in [0, 0.1) is 0 Å². The number of carbonyl (C=O) groups excluding carboxylic acids is 2. The van der Waals surface area contributed by atoms with Gasteiger partial charge in [0.2, 0.25) is 5.91 Å². The van der Waals surface area contributed by atoms with E-state index in [1.807, 2.05) is 34.0 Å². The zero-order chi connectivity index (χ0) is 26.3. The molecule has 9 heteroatoms. The van der Waals surface area contributed by atoms with Crippen molar-refractivity contribution in [1.29, 1.82) is 0 Å². The number of ether oxygens (including phenoxy) is 2. The minimum Gasteiger partial charge on any atom is -0.444 e. The molecule has 3 aliphatic rings. The lowest BCUT2D eigenvalue weighted by Crippen LogP contribution is -2.57. The van der Waals surface area contributed by atoms with Gasteiger partial charge in [0.25, 0.3) is 0 Å². The quantitative estimate of drug-likeness (QED) is 0.412. The van der Waals surface area contributed by atoms with Gasteiger partial charge >= 0.3 is 6.09 Å². The van der Waals surface area contributed by atoms with Gasteiger partial charge in [0, 0.05) is 46.7 Å². The molecule has 1 atom stereocenters. The van der Waals surface area contributed by atoms with E-state index < -0.39 is 19.2 Å². The van der Waals surface area contributed by atoms with Crippen LogP contribution in [0.3, 0.4) is 0 Å². The molecule has 0 aliphatic carbocycles. The van der Waals surface area contributed by atoms with Crippen molar-refractivity contribution in [2.24, 2.45) is 4.99 Å². The maximum absolute atomic E-state index is 13.4. The highest BCUT2D eigenvalue weighted by Gasteiger charge is 2.53. The molecule has 1 spiro atoms. The lowest BCUT2D eigenvalue weighted by molar-refractivity contribution is -0.132. The van der Waals surface area contributed by atoms with Crippen LogP contribution < -0.4 is 4.90 Å². The molecule has 2 saturated heterocycles. The Bertz CT molecular complexity index is 1020. The maximum atomic E-state index is 13.4. The highest BCUT2D eigenvalue weighted by molar-refractivity contribution is 6.76. The van der Waals surface area contributed by atoms with Crippen LogP contribution in [0.1, 0.15) is 50.8 Å². The first-order valence-electron chi connectivity index (χ1n) is 13.1. The molecule has 8 nitrogen and oxygen atoms in total. The fourth-order valence-electron chi connectivity index (χ4n) is 5.18. The molecular formula is C27H42N4O4Si. The summed E-state index contributed by atoms with van der Waals surface area (Å²) in [6, 6.07) is 7.58. The highest BCUT2D eigenvalue weighted by atomic mass is 28.3. The predicted molar refractivity (Wildman–Crippen MR) is 146 cm³/mol. The minimum absolute atomic E-state index is 0.0320. The average Bonchev–Trinajstić information content (AvgIpc) is 3.29. The summed E-state index contributed by atoms with van der Waals surface area (Å²) in [4.78, 5) is 36.4. The molecule has 1 aromatic carbocycles. The first-order valence-corrected chi connectivity index (χ1v) is 16.8. The Balaban J connectivity index is 1.45. The van der Waals surface area contributed by atoms with E-state index in [0.717, 1.165) is 23.9 Å². The molecule has 36 heavy (non-hydrogen) atoms. The Morgan fingerprint density at radius 2 is 1.89 bits per heavy atom. The monoisotopic (exact) mass is 514 g/mol. The smallest absolute Gasteiger partial charge is 0.410 e. The van der Waals surface area contributed by atoms with E-state index in [-0.39, 0.29) is 18.0 Å². The fourth-order valence-corrected chi connectivity index (χ4v) is 5.94. The number of likely N-dealkylation sites (N-methyl/N-ethyl adjacent to an activating group) is 1. The molecule has 2 fully saturated rings. The molecule has 0 radical (unpaired) electrons. The largest absolute Gasteiger partial charge is 0.444 e. The zero-order valence-electron chi connectivity index (χ0n) is 23.0. The molecule has 1 unspecified atom stereocenters. The second-order valence-electron chi connectivity index (χ2n) is 12.6. The van der Waals surface area contributed by atoms with Gasteiger partial charge in [0.05, 0.1) is 19.3 Å². The van der Waals surface area contributed by atoms with Crippen LogP contribution in [-0.4, -0.2) is 87.2 Å². The number of rotatable bonds is 6. The number of likely N-dealkylation sites (tertiary alicyclic amines) is 1. The van der Waals surface area contributed by atoms with Crippen molar-refractivity contribution in [2.75, 3.05) is 44.9 Å². The zero-order valence-corrected chi connectivity index (χ0v) is 24.0. The SMILES string of the molecule is CN1CN(c2ccc3c(c2)C=NC3COCC[Si](C)(C)C)C2(CCN(C(=O)OC(C)(C)C)CC2)C1=O. The van der Waals surface area contributed by atoms with E-state index in [2.05, 4.69) is 42.7 Å². The van der Waals surface area contributed by atoms with E-state index in [1.165, 1.54) is 5.56 Å². The average molecular weight is 515 g/mol.